The molecular formula is C21H24FN2O+. The summed E-state index contributed by atoms with van der Waals surface area (Å²) in [4.78, 5) is 2.06. The summed E-state index contributed by atoms with van der Waals surface area (Å²) in [5.74, 6) is 0.891. The van der Waals surface area contributed by atoms with Crippen molar-refractivity contribution >= 4 is 11.5 Å². The first-order valence-corrected chi connectivity index (χ1v) is 9.04. The Balaban J connectivity index is 1.83. The fraction of sp³-hybridized carbons (Fsp3) is 0.381. The van der Waals surface area contributed by atoms with Crippen LogP contribution in [0.15, 0.2) is 48.5 Å². The number of hydrogen-bond donors (Lipinski definition) is 1. The first-order valence-electron chi connectivity index (χ1n) is 9.04. The van der Waals surface area contributed by atoms with Gasteiger partial charge in [-0.15, -0.1) is 0 Å². The normalized spacial score (nSPS) is 23.6. The van der Waals surface area contributed by atoms with E-state index in [0.717, 1.165) is 37.1 Å². The average molecular weight is 339 g/mol. The first-order chi connectivity index (χ1) is 12.1. The lowest BCUT2D eigenvalue weighted by Crippen LogP contribution is -2.47. The number of aryl methyl sites for hydroxylation is 1. The number of anilines is 1. The fourth-order valence-corrected chi connectivity index (χ4v) is 4.02. The smallest absolute Gasteiger partial charge is 0.275 e. The van der Waals surface area contributed by atoms with Crippen LogP contribution >= 0.6 is 0 Å². The van der Waals surface area contributed by atoms with Gasteiger partial charge in [0.25, 0.3) is 11.6 Å². The molecule has 1 unspecified atom stereocenters. The third-order valence-corrected chi connectivity index (χ3v) is 5.33. The predicted octanol–water partition coefficient (Wildman–Crippen LogP) is 3.78. The van der Waals surface area contributed by atoms with Gasteiger partial charge in [-0.1, -0.05) is 17.7 Å². The molecule has 0 aliphatic carbocycles. The van der Waals surface area contributed by atoms with Crippen LogP contribution in [0.25, 0.3) is 0 Å². The Bertz CT molecular complexity index is 798. The second-order valence-electron chi connectivity index (χ2n) is 7.14. The van der Waals surface area contributed by atoms with Crippen molar-refractivity contribution in [2.24, 2.45) is 0 Å². The van der Waals surface area contributed by atoms with Gasteiger partial charge in [0.15, 0.2) is 6.54 Å². The lowest BCUT2D eigenvalue weighted by molar-refractivity contribution is -0.534. The highest BCUT2D eigenvalue weighted by molar-refractivity contribution is 5.97. The van der Waals surface area contributed by atoms with Crippen molar-refractivity contribution in [1.82, 2.24) is 0 Å². The molecule has 0 saturated heterocycles. The van der Waals surface area contributed by atoms with Gasteiger partial charge in [0.2, 0.25) is 0 Å². The third kappa shape index (κ3) is 2.85. The van der Waals surface area contributed by atoms with E-state index in [4.69, 9.17) is 0 Å². The molecule has 4 rings (SSSR count). The summed E-state index contributed by atoms with van der Waals surface area (Å²) in [6.45, 7) is 3.54. The molecule has 0 radical (unpaired) electrons. The molecule has 0 saturated carbocycles. The molecular weight excluding hydrogens is 315 g/mol. The molecule has 0 fully saturated rings. The van der Waals surface area contributed by atoms with Crippen molar-refractivity contribution in [2.75, 3.05) is 18.0 Å². The van der Waals surface area contributed by atoms with Crippen LogP contribution in [0.2, 0.25) is 0 Å². The quantitative estimate of drug-likeness (QED) is 0.843. The van der Waals surface area contributed by atoms with Crippen LogP contribution in [0.3, 0.4) is 0 Å². The van der Waals surface area contributed by atoms with E-state index in [1.165, 1.54) is 30.0 Å². The van der Waals surface area contributed by atoms with Gasteiger partial charge in [-0.2, -0.15) is 4.90 Å². The Morgan fingerprint density at radius 1 is 1.00 bits per heavy atom. The molecule has 4 heteroatoms. The molecule has 2 aliphatic rings. The van der Waals surface area contributed by atoms with Gasteiger partial charge in [0.1, 0.15) is 11.5 Å². The largest absolute Gasteiger partial charge is 0.346 e. The maximum atomic E-state index is 13.4. The minimum Gasteiger partial charge on any atom is -0.346 e. The molecule has 2 aromatic carbocycles. The highest BCUT2D eigenvalue weighted by atomic mass is 19.1. The zero-order chi connectivity index (χ0) is 17.4. The molecule has 2 aliphatic heterocycles. The molecule has 0 aromatic heterocycles. The van der Waals surface area contributed by atoms with Crippen molar-refractivity contribution < 1.29 is 14.1 Å². The van der Waals surface area contributed by atoms with Crippen LogP contribution in [-0.4, -0.2) is 28.6 Å². The number of rotatable bonds is 2. The van der Waals surface area contributed by atoms with Crippen LogP contribution in [0.1, 0.15) is 36.8 Å². The standard InChI is InChI=1S/C21H24FN2O/c1-16-6-12-19(13-7-16)24-20-5-3-2-4-14-23(20)15-21(24,25)17-8-10-18(22)11-9-17/h6-13,25H,2-5,14-15H2,1H3/q+1. The van der Waals surface area contributed by atoms with E-state index < -0.39 is 5.72 Å². The molecule has 2 aromatic rings. The summed E-state index contributed by atoms with van der Waals surface area (Å²) in [5.41, 5.74) is 1.73. The van der Waals surface area contributed by atoms with E-state index in [1.807, 2.05) is 0 Å². The molecule has 3 nitrogen and oxygen atoms in total. The molecule has 1 N–H and O–H groups in total. The number of halogens is 1. The molecule has 130 valence electrons. The van der Waals surface area contributed by atoms with Crippen molar-refractivity contribution in [3.05, 3.63) is 65.5 Å². The van der Waals surface area contributed by atoms with Crippen molar-refractivity contribution in [3.8, 4) is 0 Å². The Morgan fingerprint density at radius 3 is 2.44 bits per heavy atom. The van der Waals surface area contributed by atoms with Gasteiger partial charge in [-0.05, 0) is 62.6 Å². The van der Waals surface area contributed by atoms with Gasteiger partial charge in [0.05, 0.1) is 6.54 Å². The molecule has 0 bridgehead atoms. The van der Waals surface area contributed by atoms with Crippen LogP contribution in [0.4, 0.5) is 10.1 Å². The van der Waals surface area contributed by atoms with E-state index in [-0.39, 0.29) is 5.82 Å². The monoisotopic (exact) mass is 339 g/mol. The Kier molecular flexibility index (Phi) is 4.08. The highest BCUT2D eigenvalue weighted by Gasteiger charge is 2.53. The van der Waals surface area contributed by atoms with Crippen molar-refractivity contribution in [2.45, 2.75) is 38.3 Å². The molecule has 1 atom stereocenters. The number of amidine groups is 1. The highest BCUT2D eigenvalue weighted by Crippen LogP contribution is 2.37. The maximum absolute atomic E-state index is 13.4. The van der Waals surface area contributed by atoms with Gasteiger partial charge in [-0.3, -0.25) is 4.58 Å². The Labute approximate surface area is 148 Å². The molecule has 0 amide bonds. The number of hydrogen-bond acceptors (Lipinski definition) is 2. The second-order valence-corrected chi connectivity index (χ2v) is 7.14. The second kappa shape index (κ2) is 6.26. The minimum absolute atomic E-state index is 0.283. The summed E-state index contributed by atoms with van der Waals surface area (Å²) in [5, 5.41) is 11.7. The zero-order valence-electron chi connectivity index (χ0n) is 14.6. The SMILES string of the molecule is Cc1ccc(N2C3=[N+](CCCCC3)CC2(O)c2ccc(F)cc2)cc1. The fourth-order valence-electron chi connectivity index (χ4n) is 4.02. The van der Waals surface area contributed by atoms with E-state index in [2.05, 4.69) is 40.7 Å². The van der Waals surface area contributed by atoms with Gasteiger partial charge in [-0.25, -0.2) is 4.39 Å². The van der Waals surface area contributed by atoms with E-state index in [1.54, 1.807) is 12.1 Å². The first kappa shape index (κ1) is 16.3. The van der Waals surface area contributed by atoms with E-state index in [9.17, 15) is 9.50 Å². The summed E-state index contributed by atoms with van der Waals surface area (Å²) < 4.78 is 15.7. The van der Waals surface area contributed by atoms with Gasteiger partial charge < -0.3 is 5.11 Å². The average Bonchev–Trinajstić information content (AvgIpc) is 2.74. The van der Waals surface area contributed by atoms with Crippen LogP contribution in [0, 0.1) is 12.7 Å². The Hall–Kier alpha value is -2.20. The lowest BCUT2D eigenvalue weighted by Gasteiger charge is -2.29. The molecule has 0 spiro atoms. The summed E-state index contributed by atoms with van der Waals surface area (Å²) in [7, 11) is 0. The number of aliphatic hydroxyl groups is 1. The van der Waals surface area contributed by atoms with Crippen LogP contribution < -0.4 is 4.90 Å². The number of benzene rings is 2. The summed E-state index contributed by atoms with van der Waals surface area (Å²) >= 11 is 0. The van der Waals surface area contributed by atoms with Gasteiger partial charge in [0, 0.05) is 12.0 Å². The number of nitrogens with zero attached hydrogens (tertiary/aromatic N) is 2. The summed E-state index contributed by atoms with van der Waals surface area (Å²) in [6.07, 6.45) is 4.45. The third-order valence-electron chi connectivity index (χ3n) is 5.33. The van der Waals surface area contributed by atoms with Crippen LogP contribution in [0.5, 0.6) is 0 Å². The van der Waals surface area contributed by atoms with Crippen molar-refractivity contribution in [1.29, 1.82) is 0 Å². The van der Waals surface area contributed by atoms with Crippen LogP contribution in [-0.2, 0) is 5.72 Å². The molecule has 25 heavy (non-hydrogen) atoms. The molecule has 2 heterocycles. The van der Waals surface area contributed by atoms with E-state index in [0.29, 0.717) is 6.54 Å². The summed E-state index contributed by atoms with van der Waals surface area (Å²) in [6, 6.07) is 14.5. The Morgan fingerprint density at radius 2 is 1.72 bits per heavy atom. The minimum atomic E-state index is -1.17. The topological polar surface area (TPSA) is 26.5 Å². The predicted molar refractivity (Wildman–Crippen MR) is 97.4 cm³/mol. The lowest BCUT2D eigenvalue weighted by atomic mass is 9.99. The zero-order valence-corrected chi connectivity index (χ0v) is 14.6. The van der Waals surface area contributed by atoms with Crippen molar-refractivity contribution in [3.63, 3.8) is 0 Å². The van der Waals surface area contributed by atoms with E-state index >= 15 is 0 Å². The van der Waals surface area contributed by atoms with Gasteiger partial charge >= 0.3 is 0 Å². The maximum Gasteiger partial charge on any atom is 0.275 e.